The first-order valence-electron chi connectivity index (χ1n) is 9.92. The standard InChI is InChI=1S/C21H29N3O4/c1-13-11-15(16-5-6-17(25)23-19(16)26)12-22-18(13)24-9-7-14(8-10-24)20(27)28-21(2,3)4/h11-12,14,16H,5-10H2,1-4H3,(H,23,25,26). The van der Waals surface area contributed by atoms with Gasteiger partial charge in [-0.1, -0.05) is 6.07 Å². The van der Waals surface area contributed by atoms with E-state index >= 15 is 0 Å². The Morgan fingerprint density at radius 2 is 1.89 bits per heavy atom. The quantitative estimate of drug-likeness (QED) is 0.633. The Hall–Kier alpha value is -2.44. The Bertz CT molecular complexity index is 776. The fourth-order valence-corrected chi connectivity index (χ4v) is 3.83. The Kier molecular flexibility index (Phi) is 5.72. The van der Waals surface area contributed by atoms with Gasteiger partial charge in [-0.05, 0) is 58.1 Å². The highest BCUT2D eigenvalue weighted by atomic mass is 16.6. The van der Waals surface area contributed by atoms with Gasteiger partial charge in [0.25, 0.3) is 0 Å². The predicted octanol–water partition coefficient (Wildman–Crippen LogP) is 2.47. The van der Waals surface area contributed by atoms with Crippen LogP contribution in [-0.2, 0) is 19.1 Å². The van der Waals surface area contributed by atoms with Crippen LogP contribution in [-0.4, -0.2) is 41.5 Å². The fourth-order valence-electron chi connectivity index (χ4n) is 3.83. The average Bonchev–Trinajstić information content (AvgIpc) is 2.60. The largest absolute Gasteiger partial charge is 0.460 e. The maximum atomic E-state index is 12.3. The highest BCUT2D eigenvalue weighted by Crippen LogP contribution is 2.30. The van der Waals surface area contributed by atoms with E-state index in [4.69, 9.17) is 4.74 Å². The number of anilines is 1. The van der Waals surface area contributed by atoms with Crippen molar-refractivity contribution in [1.82, 2.24) is 10.3 Å². The van der Waals surface area contributed by atoms with Gasteiger partial charge in [-0.3, -0.25) is 19.7 Å². The van der Waals surface area contributed by atoms with E-state index in [-0.39, 0.29) is 29.6 Å². The number of ether oxygens (including phenoxy) is 1. The minimum atomic E-state index is -0.460. The minimum Gasteiger partial charge on any atom is -0.460 e. The molecule has 3 rings (SSSR count). The SMILES string of the molecule is Cc1cc(C2CCC(=O)NC2=O)cnc1N1CCC(C(=O)OC(C)(C)C)CC1. The number of esters is 1. The summed E-state index contributed by atoms with van der Waals surface area (Å²) in [6, 6.07) is 1.99. The van der Waals surface area contributed by atoms with Gasteiger partial charge in [-0.15, -0.1) is 0 Å². The van der Waals surface area contributed by atoms with Crippen LogP contribution >= 0.6 is 0 Å². The van der Waals surface area contributed by atoms with E-state index in [2.05, 4.69) is 15.2 Å². The van der Waals surface area contributed by atoms with Crippen LogP contribution in [0.15, 0.2) is 12.3 Å². The monoisotopic (exact) mass is 387 g/mol. The van der Waals surface area contributed by atoms with Crippen molar-refractivity contribution in [3.8, 4) is 0 Å². The maximum Gasteiger partial charge on any atom is 0.309 e. The first kappa shape index (κ1) is 20.3. The van der Waals surface area contributed by atoms with Crippen molar-refractivity contribution in [2.24, 2.45) is 5.92 Å². The Balaban J connectivity index is 1.63. The van der Waals surface area contributed by atoms with Crippen molar-refractivity contribution in [3.05, 3.63) is 23.4 Å². The van der Waals surface area contributed by atoms with Gasteiger partial charge in [-0.25, -0.2) is 4.98 Å². The van der Waals surface area contributed by atoms with Crippen molar-refractivity contribution in [1.29, 1.82) is 0 Å². The van der Waals surface area contributed by atoms with Crippen LogP contribution in [0.4, 0.5) is 5.82 Å². The molecule has 1 unspecified atom stereocenters. The van der Waals surface area contributed by atoms with E-state index in [1.54, 1.807) is 6.20 Å². The molecule has 152 valence electrons. The average molecular weight is 387 g/mol. The summed E-state index contributed by atoms with van der Waals surface area (Å²) in [6.45, 7) is 9.13. The molecule has 2 saturated heterocycles. The summed E-state index contributed by atoms with van der Waals surface area (Å²) in [7, 11) is 0. The van der Waals surface area contributed by atoms with Crippen molar-refractivity contribution in [3.63, 3.8) is 0 Å². The van der Waals surface area contributed by atoms with Crippen LogP contribution in [0, 0.1) is 12.8 Å². The van der Waals surface area contributed by atoms with Gasteiger partial charge in [0.1, 0.15) is 11.4 Å². The molecule has 0 aliphatic carbocycles. The van der Waals surface area contributed by atoms with Gasteiger partial charge in [0.15, 0.2) is 0 Å². The van der Waals surface area contributed by atoms with Gasteiger partial charge >= 0.3 is 5.97 Å². The first-order chi connectivity index (χ1) is 13.1. The topological polar surface area (TPSA) is 88.6 Å². The number of nitrogens with zero attached hydrogens (tertiary/aromatic N) is 2. The molecule has 2 fully saturated rings. The van der Waals surface area contributed by atoms with E-state index < -0.39 is 5.60 Å². The zero-order valence-electron chi connectivity index (χ0n) is 17.1. The molecule has 3 heterocycles. The van der Waals surface area contributed by atoms with Crippen LogP contribution in [0.1, 0.15) is 63.5 Å². The molecular formula is C21H29N3O4. The van der Waals surface area contributed by atoms with Crippen LogP contribution in [0.25, 0.3) is 0 Å². The van der Waals surface area contributed by atoms with Gasteiger partial charge in [0.05, 0.1) is 11.8 Å². The van der Waals surface area contributed by atoms with Gasteiger partial charge < -0.3 is 9.64 Å². The third-order valence-electron chi connectivity index (χ3n) is 5.25. The number of aromatic nitrogens is 1. The van der Waals surface area contributed by atoms with Crippen molar-refractivity contribution >= 4 is 23.6 Å². The molecule has 1 aromatic rings. The lowest BCUT2D eigenvalue weighted by Gasteiger charge is -2.34. The zero-order chi connectivity index (χ0) is 20.5. The molecule has 1 atom stereocenters. The van der Waals surface area contributed by atoms with Crippen LogP contribution in [0.3, 0.4) is 0 Å². The molecule has 2 amide bonds. The number of imide groups is 1. The lowest BCUT2D eigenvalue weighted by Crippen LogP contribution is -2.40. The smallest absolute Gasteiger partial charge is 0.309 e. The fraction of sp³-hybridized carbons (Fsp3) is 0.619. The highest BCUT2D eigenvalue weighted by Gasteiger charge is 2.31. The summed E-state index contributed by atoms with van der Waals surface area (Å²) >= 11 is 0. The van der Waals surface area contributed by atoms with E-state index in [1.165, 1.54) is 0 Å². The number of hydrogen-bond donors (Lipinski definition) is 1. The number of hydrogen-bond acceptors (Lipinski definition) is 6. The second-order valence-corrected chi connectivity index (χ2v) is 8.71. The van der Waals surface area contributed by atoms with Gasteiger partial charge in [-0.2, -0.15) is 0 Å². The third kappa shape index (κ3) is 4.69. The van der Waals surface area contributed by atoms with Crippen molar-refractivity contribution < 1.29 is 19.1 Å². The summed E-state index contributed by atoms with van der Waals surface area (Å²) in [5.74, 6) is -0.0862. The number of aryl methyl sites for hydroxylation is 1. The summed E-state index contributed by atoms with van der Waals surface area (Å²) in [6.07, 6.45) is 4.10. The van der Waals surface area contributed by atoms with E-state index in [1.807, 2.05) is 33.8 Å². The number of nitrogens with one attached hydrogen (secondary N) is 1. The Labute approximate surface area is 165 Å². The lowest BCUT2D eigenvalue weighted by atomic mass is 9.90. The summed E-state index contributed by atoms with van der Waals surface area (Å²) in [5, 5.41) is 2.40. The third-order valence-corrected chi connectivity index (χ3v) is 5.25. The summed E-state index contributed by atoms with van der Waals surface area (Å²) < 4.78 is 5.51. The number of piperidine rings is 2. The van der Waals surface area contributed by atoms with E-state index in [9.17, 15) is 14.4 Å². The molecule has 28 heavy (non-hydrogen) atoms. The number of carbonyl (C=O) groups is 3. The summed E-state index contributed by atoms with van der Waals surface area (Å²) in [4.78, 5) is 42.5. The molecule has 0 radical (unpaired) electrons. The van der Waals surface area contributed by atoms with E-state index in [0.717, 1.165) is 42.9 Å². The normalized spacial score (nSPS) is 21.4. The second kappa shape index (κ2) is 7.89. The molecule has 2 aliphatic rings. The van der Waals surface area contributed by atoms with Crippen molar-refractivity contribution in [2.75, 3.05) is 18.0 Å². The number of rotatable bonds is 3. The molecule has 7 nitrogen and oxygen atoms in total. The molecule has 2 aliphatic heterocycles. The van der Waals surface area contributed by atoms with Crippen LogP contribution in [0.5, 0.6) is 0 Å². The molecule has 0 saturated carbocycles. The number of carbonyl (C=O) groups excluding carboxylic acids is 3. The molecule has 0 spiro atoms. The number of pyridine rings is 1. The van der Waals surface area contributed by atoms with Gasteiger partial charge in [0.2, 0.25) is 11.8 Å². The summed E-state index contributed by atoms with van der Waals surface area (Å²) in [5.41, 5.74) is 1.38. The molecule has 0 bridgehead atoms. The Morgan fingerprint density at radius 1 is 1.21 bits per heavy atom. The lowest BCUT2D eigenvalue weighted by molar-refractivity contribution is -0.160. The van der Waals surface area contributed by atoms with Crippen molar-refractivity contribution in [2.45, 2.75) is 64.9 Å². The molecule has 1 N–H and O–H groups in total. The molecular weight excluding hydrogens is 358 g/mol. The predicted molar refractivity (Wildman–Crippen MR) is 105 cm³/mol. The molecule has 1 aromatic heterocycles. The van der Waals surface area contributed by atoms with Gasteiger partial charge in [0, 0.05) is 25.7 Å². The maximum absolute atomic E-state index is 12.3. The highest BCUT2D eigenvalue weighted by molar-refractivity contribution is 6.00. The zero-order valence-corrected chi connectivity index (χ0v) is 17.1. The minimum absolute atomic E-state index is 0.0708. The molecule has 0 aromatic carbocycles. The van der Waals surface area contributed by atoms with E-state index in [0.29, 0.717) is 12.8 Å². The van der Waals surface area contributed by atoms with Crippen LogP contribution in [0.2, 0.25) is 0 Å². The Morgan fingerprint density at radius 3 is 2.46 bits per heavy atom. The van der Waals surface area contributed by atoms with Crippen LogP contribution < -0.4 is 10.2 Å². The molecule has 7 heteroatoms. The number of amides is 2. The first-order valence-corrected chi connectivity index (χ1v) is 9.92. The second-order valence-electron chi connectivity index (χ2n) is 8.71.